The van der Waals surface area contributed by atoms with Crippen LogP contribution in [0, 0.1) is 11.6 Å². The normalized spacial score (nSPS) is 19.9. The van der Waals surface area contributed by atoms with Crippen molar-refractivity contribution in [1.82, 2.24) is 10.2 Å². The van der Waals surface area contributed by atoms with Crippen LogP contribution in [0.2, 0.25) is 0 Å². The molecule has 1 fully saturated rings. The van der Waals surface area contributed by atoms with Crippen molar-refractivity contribution >= 4 is 11.9 Å². The lowest BCUT2D eigenvalue weighted by Gasteiger charge is -2.22. The Balaban J connectivity index is 1.72. The minimum absolute atomic E-state index is 0.0405. The fourth-order valence-electron chi connectivity index (χ4n) is 2.67. The molecule has 1 saturated heterocycles. The summed E-state index contributed by atoms with van der Waals surface area (Å²) >= 11 is 0. The number of rotatable bonds is 5. The Hall–Kier alpha value is -2.96. The van der Waals surface area contributed by atoms with Gasteiger partial charge in [-0.3, -0.25) is 9.69 Å². The molecule has 1 heterocycles. The number of carbonyl (C=O) groups excluding carboxylic acids is 2. The molecule has 2 aromatic rings. The van der Waals surface area contributed by atoms with Gasteiger partial charge in [0.25, 0.3) is 5.91 Å². The first kappa shape index (κ1) is 16.9. The van der Waals surface area contributed by atoms with Crippen molar-refractivity contribution < 1.29 is 23.1 Å². The summed E-state index contributed by atoms with van der Waals surface area (Å²) < 4.78 is 32.1. The minimum atomic E-state index is -1.45. The number of imide groups is 1. The molecule has 0 saturated carbocycles. The van der Waals surface area contributed by atoms with E-state index in [0.29, 0.717) is 5.75 Å². The molecule has 5 nitrogen and oxygen atoms in total. The average molecular weight is 346 g/mol. The number of para-hydroxylation sites is 1. The smallest absolute Gasteiger partial charge is 0.325 e. The number of hydrogen-bond acceptors (Lipinski definition) is 3. The van der Waals surface area contributed by atoms with Crippen LogP contribution in [0.5, 0.6) is 5.75 Å². The van der Waals surface area contributed by atoms with E-state index in [1.807, 2.05) is 18.2 Å². The van der Waals surface area contributed by atoms with Crippen LogP contribution in [0.1, 0.15) is 12.5 Å². The summed E-state index contributed by atoms with van der Waals surface area (Å²) in [6.45, 7) is 1.62. The predicted molar refractivity (Wildman–Crippen MR) is 85.9 cm³/mol. The summed E-state index contributed by atoms with van der Waals surface area (Å²) in [5.41, 5.74) is -1.27. The van der Waals surface area contributed by atoms with Gasteiger partial charge in [0, 0.05) is 0 Å². The van der Waals surface area contributed by atoms with E-state index in [1.165, 1.54) is 13.0 Å². The molecule has 25 heavy (non-hydrogen) atoms. The van der Waals surface area contributed by atoms with Gasteiger partial charge < -0.3 is 10.1 Å². The first-order chi connectivity index (χ1) is 11.9. The molecule has 3 rings (SSSR count). The maximum atomic E-state index is 13.5. The number of urea groups is 1. The van der Waals surface area contributed by atoms with Gasteiger partial charge in [-0.25, -0.2) is 13.6 Å². The Kier molecular flexibility index (Phi) is 4.39. The van der Waals surface area contributed by atoms with E-state index >= 15 is 0 Å². The third-order valence-electron chi connectivity index (χ3n) is 4.10. The highest BCUT2D eigenvalue weighted by atomic mass is 19.2. The highest BCUT2D eigenvalue weighted by molar-refractivity contribution is 6.07. The van der Waals surface area contributed by atoms with Gasteiger partial charge in [0.1, 0.15) is 17.9 Å². The first-order valence-electron chi connectivity index (χ1n) is 7.69. The molecular weight excluding hydrogens is 330 g/mol. The number of halogens is 2. The molecule has 130 valence electrons. The molecule has 3 amide bonds. The molecule has 2 aromatic carbocycles. The van der Waals surface area contributed by atoms with Gasteiger partial charge in [0.2, 0.25) is 0 Å². The Morgan fingerprint density at radius 3 is 2.48 bits per heavy atom. The topological polar surface area (TPSA) is 58.6 Å². The van der Waals surface area contributed by atoms with Crippen LogP contribution in [0.25, 0.3) is 0 Å². The Labute approximate surface area is 143 Å². The van der Waals surface area contributed by atoms with Crippen LogP contribution in [-0.4, -0.2) is 30.0 Å². The third-order valence-corrected chi connectivity index (χ3v) is 4.10. The molecule has 0 aromatic heterocycles. The lowest BCUT2D eigenvalue weighted by Crippen LogP contribution is -2.41. The van der Waals surface area contributed by atoms with Crippen molar-refractivity contribution in [2.75, 3.05) is 13.2 Å². The average Bonchev–Trinajstić information content (AvgIpc) is 2.82. The van der Waals surface area contributed by atoms with Gasteiger partial charge in [0.05, 0.1) is 6.54 Å². The van der Waals surface area contributed by atoms with E-state index < -0.39 is 29.1 Å². The quantitative estimate of drug-likeness (QED) is 0.847. The zero-order valence-corrected chi connectivity index (χ0v) is 13.5. The third kappa shape index (κ3) is 3.17. The van der Waals surface area contributed by atoms with Crippen molar-refractivity contribution in [3.05, 3.63) is 65.7 Å². The number of ether oxygens (including phenoxy) is 1. The van der Waals surface area contributed by atoms with Crippen molar-refractivity contribution in [3.63, 3.8) is 0 Å². The Morgan fingerprint density at radius 2 is 1.80 bits per heavy atom. The van der Waals surface area contributed by atoms with Crippen LogP contribution in [0.15, 0.2) is 48.5 Å². The summed E-state index contributed by atoms with van der Waals surface area (Å²) in [5, 5.41) is 2.53. The second-order valence-electron chi connectivity index (χ2n) is 5.80. The van der Waals surface area contributed by atoms with Crippen molar-refractivity contribution in [3.8, 4) is 5.75 Å². The number of hydrogen-bond donors (Lipinski definition) is 1. The fourth-order valence-corrected chi connectivity index (χ4v) is 2.67. The first-order valence-corrected chi connectivity index (χ1v) is 7.69. The molecule has 0 spiro atoms. The van der Waals surface area contributed by atoms with Crippen LogP contribution in [0.3, 0.4) is 0 Å². The second-order valence-corrected chi connectivity index (χ2v) is 5.80. The van der Waals surface area contributed by atoms with E-state index in [-0.39, 0.29) is 18.7 Å². The summed E-state index contributed by atoms with van der Waals surface area (Å²) in [6, 6.07) is 11.5. The molecule has 0 unspecified atom stereocenters. The fraction of sp³-hybridized carbons (Fsp3) is 0.222. The largest absolute Gasteiger partial charge is 0.492 e. The lowest BCUT2D eigenvalue weighted by atomic mass is 9.92. The van der Waals surface area contributed by atoms with Gasteiger partial charge in [-0.1, -0.05) is 24.3 Å². The van der Waals surface area contributed by atoms with E-state index in [9.17, 15) is 18.4 Å². The minimum Gasteiger partial charge on any atom is -0.492 e. The predicted octanol–water partition coefficient (Wildman–Crippen LogP) is 2.81. The van der Waals surface area contributed by atoms with Gasteiger partial charge >= 0.3 is 6.03 Å². The van der Waals surface area contributed by atoms with Crippen LogP contribution in [-0.2, 0) is 10.3 Å². The number of nitrogens with one attached hydrogen (secondary N) is 1. The highest BCUT2D eigenvalue weighted by Crippen LogP contribution is 2.29. The van der Waals surface area contributed by atoms with Gasteiger partial charge in [-0.05, 0) is 36.8 Å². The molecule has 1 aliphatic heterocycles. The zero-order valence-electron chi connectivity index (χ0n) is 13.5. The Bertz CT molecular complexity index is 813. The highest BCUT2D eigenvalue weighted by Gasteiger charge is 2.49. The molecule has 1 atom stereocenters. The monoisotopic (exact) mass is 346 g/mol. The molecule has 1 N–H and O–H groups in total. The van der Waals surface area contributed by atoms with Gasteiger partial charge in [-0.2, -0.15) is 0 Å². The summed E-state index contributed by atoms with van der Waals surface area (Å²) in [4.78, 5) is 25.8. The van der Waals surface area contributed by atoms with E-state index in [4.69, 9.17) is 4.74 Å². The number of amides is 3. The maximum absolute atomic E-state index is 13.5. The standard InChI is InChI=1S/C18H16F2N2O3/c1-18(12-7-8-14(19)15(20)11-12)16(23)22(17(24)21-18)9-10-25-13-5-3-2-4-6-13/h2-8,11H,9-10H2,1H3,(H,21,24)/t18-/m0/s1. The molecule has 0 radical (unpaired) electrons. The lowest BCUT2D eigenvalue weighted by molar-refractivity contribution is -0.131. The number of carbonyl (C=O) groups is 2. The summed E-state index contributed by atoms with van der Waals surface area (Å²) in [7, 11) is 0. The van der Waals surface area contributed by atoms with Crippen molar-refractivity contribution in [2.45, 2.75) is 12.5 Å². The van der Waals surface area contributed by atoms with E-state index in [2.05, 4.69) is 5.32 Å². The van der Waals surface area contributed by atoms with Crippen molar-refractivity contribution in [1.29, 1.82) is 0 Å². The van der Waals surface area contributed by atoms with Crippen LogP contribution < -0.4 is 10.1 Å². The second kappa shape index (κ2) is 6.51. The van der Waals surface area contributed by atoms with Gasteiger partial charge in [-0.15, -0.1) is 0 Å². The SMILES string of the molecule is C[C@@]1(c2ccc(F)c(F)c2)NC(=O)N(CCOc2ccccc2)C1=O. The van der Waals surface area contributed by atoms with Crippen LogP contribution >= 0.6 is 0 Å². The van der Waals surface area contributed by atoms with E-state index in [0.717, 1.165) is 17.0 Å². The number of nitrogens with zero attached hydrogens (tertiary/aromatic N) is 1. The molecule has 0 aliphatic carbocycles. The Morgan fingerprint density at radius 1 is 1.08 bits per heavy atom. The zero-order chi connectivity index (χ0) is 18.0. The van der Waals surface area contributed by atoms with Crippen LogP contribution in [0.4, 0.5) is 13.6 Å². The van der Waals surface area contributed by atoms with Crippen molar-refractivity contribution in [2.24, 2.45) is 0 Å². The van der Waals surface area contributed by atoms with E-state index in [1.54, 1.807) is 12.1 Å². The summed E-state index contributed by atoms with van der Waals surface area (Å²) in [6.07, 6.45) is 0. The summed E-state index contributed by atoms with van der Waals surface area (Å²) in [5.74, 6) is -2.01. The maximum Gasteiger partial charge on any atom is 0.325 e. The molecule has 1 aliphatic rings. The number of benzene rings is 2. The molecule has 0 bridgehead atoms. The molecular formula is C18H16F2N2O3. The van der Waals surface area contributed by atoms with Gasteiger partial charge in [0.15, 0.2) is 11.6 Å². The molecule has 7 heteroatoms.